The van der Waals surface area contributed by atoms with Crippen molar-refractivity contribution in [2.45, 2.75) is 32.2 Å². The van der Waals surface area contributed by atoms with Gasteiger partial charge in [-0.25, -0.2) is 9.97 Å². The first-order valence-electron chi connectivity index (χ1n) is 8.33. The highest BCUT2D eigenvalue weighted by molar-refractivity contribution is 5.92. The average Bonchev–Trinajstić information content (AvgIpc) is 3.06. The van der Waals surface area contributed by atoms with Crippen molar-refractivity contribution in [3.63, 3.8) is 0 Å². The number of aromatic nitrogens is 4. The third kappa shape index (κ3) is 4.01. The summed E-state index contributed by atoms with van der Waals surface area (Å²) in [4.78, 5) is 29.0. The molecular formula is C17H22N6O2. The zero-order valence-corrected chi connectivity index (χ0v) is 14.7. The molecule has 0 bridgehead atoms. The number of amides is 1. The lowest BCUT2D eigenvalue weighted by atomic mass is 10.0. The van der Waals surface area contributed by atoms with Crippen LogP contribution in [-0.2, 0) is 4.79 Å². The van der Waals surface area contributed by atoms with Crippen LogP contribution in [0.15, 0.2) is 23.0 Å². The van der Waals surface area contributed by atoms with E-state index in [4.69, 9.17) is 4.52 Å². The number of carbonyl (C=O) groups excluding carboxylic acids is 1. The Kier molecular flexibility index (Phi) is 5.06. The first-order valence-corrected chi connectivity index (χ1v) is 8.33. The molecule has 3 rings (SSSR count). The number of likely N-dealkylation sites (tertiary alicyclic amines) is 1. The summed E-state index contributed by atoms with van der Waals surface area (Å²) in [7, 11) is 3.76. The second kappa shape index (κ2) is 7.42. The van der Waals surface area contributed by atoms with Crippen LogP contribution < -0.4 is 4.90 Å². The highest BCUT2D eigenvalue weighted by atomic mass is 16.5. The Hall–Kier alpha value is -2.77. The molecule has 8 nitrogen and oxygen atoms in total. The number of hydrogen-bond acceptors (Lipinski definition) is 7. The minimum atomic E-state index is -0.153. The van der Waals surface area contributed by atoms with Gasteiger partial charge in [-0.05, 0) is 32.3 Å². The number of aryl methyl sites for hydroxylation is 1. The number of nitrogens with zero attached hydrogens (tertiary/aromatic N) is 6. The van der Waals surface area contributed by atoms with E-state index in [0.29, 0.717) is 24.2 Å². The van der Waals surface area contributed by atoms with E-state index < -0.39 is 0 Å². The van der Waals surface area contributed by atoms with Gasteiger partial charge < -0.3 is 14.3 Å². The standard InChI is InChI=1S/C17H22N6O2/c1-12-20-16(25-21-12)14-6-4-5-9-23(14)15(24)8-7-13-10-18-17(19-11-13)22(2)3/h7-8,10-11,14H,4-6,9H2,1-3H3/b8-7+. The van der Waals surface area contributed by atoms with E-state index in [-0.39, 0.29) is 11.9 Å². The lowest BCUT2D eigenvalue weighted by Crippen LogP contribution is -2.37. The molecule has 25 heavy (non-hydrogen) atoms. The monoisotopic (exact) mass is 342 g/mol. The Bertz CT molecular complexity index is 753. The summed E-state index contributed by atoms with van der Waals surface area (Å²) in [6.45, 7) is 2.46. The maximum Gasteiger partial charge on any atom is 0.249 e. The zero-order chi connectivity index (χ0) is 17.8. The summed E-state index contributed by atoms with van der Waals surface area (Å²) in [5.41, 5.74) is 0.779. The normalized spacial score (nSPS) is 17.9. The zero-order valence-electron chi connectivity index (χ0n) is 14.7. The van der Waals surface area contributed by atoms with Crippen molar-refractivity contribution < 1.29 is 9.32 Å². The van der Waals surface area contributed by atoms with E-state index in [2.05, 4.69) is 20.1 Å². The van der Waals surface area contributed by atoms with Crippen molar-refractivity contribution in [3.05, 3.63) is 35.7 Å². The number of piperidine rings is 1. The van der Waals surface area contributed by atoms with Crippen LogP contribution >= 0.6 is 0 Å². The van der Waals surface area contributed by atoms with Crippen LogP contribution in [-0.4, -0.2) is 51.6 Å². The van der Waals surface area contributed by atoms with E-state index in [9.17, 15) is 4.79 Å². The van der Waals surface area contributed by atoms with Crippen LogP contribution in [0.3, 0.4) is 0 Å². The molecule has 8 heteroatoms. The van der Waals surface area contributed by atoms with Crippen molar-refractivity contribution in [1.29, 1.82) is 0 Å². The summed E-state index contributed by atoms with van der Waals surface area (Å²) in [6, 6.07) is -0.153. The van der Waals surface area contributed by atoms with Crippen LogP contribution in [0.5, 0.6) is 0 Å². The molecule has 3 heterocycles. The number of carbonyl (C=O) groups is 1. The van der Waals surface area contributed by atoms with Gasteiger partial charge in [0.15, 0.2) is 5.82 Å². The smallest absolute Gasteiger partial charge is 0.249 e. The summed E-state index contributed by atoms with van der Waals surface area (Å²) in [6.07, 6.45) is 9.52. The third-order valence-electron chi connectivity index (χ3n) is 4.09. The second-order valence-electron chi connectivity index (χ2n) is 6.27. The molecule has 2 aromatic rings. The molecule has 0 N–H and O–H groups in total. The number of rotatable bonds is 4. The van der Waals surface area contributed by atoms with Crippen LogP contribution in [0.1, 0.15) is 42.6 Å². The maximum atomic E-state index is 12.6. The van der Waals surface area contributed by atoms with Gasteiger partial charge in [-0.1, -0.05) is 5.16 Å². The Labute approximate surface area is 146 Å². The summed E-state index contributed by atoms with van der Waals surface area (Å²) in [5, 5.41) is 3.84. The van der Waals surface area contributed by atoms with Gasteiger partial charge in [0.25, 0.3) is 0 Å². The number of hydrogen-bond donors (Lipinski definition) is 0. The Balaban J connectivity index is 1.71. The molecule has 1 aliphatic rings. The fourth-order valence-corrected chi connectivity index (χ4v) is 2.81. The molecule has 1 saturated heterocycles. The van der Waals surface area contributed by atoms with E-state index in [0.717, 1.165) is 24.8 Å². The fourth-order valence-electron chi connectivity index (χ4n) is 2.81. The molecule has 1 atom stereocenters. The molecule has 2 aromatic heterocycles. The average molecular weight is 342 g/mol. The summed E-state index contributed by atoms with van der Waals surface area (Å²) in [5.74, 6) is 1.66. The van der Waals surface area contributed by atoms with Crippen LogP contribution in [0, 0.1) is 6.92 Å². The number of anilines is 1. The fraction of sp³-hybridized carbons (Fsp3) is 0.471. The Morgan fingerprint density at radius 3 is 2.72 bits per heavy atom. The van der Waals surface area contributed by atoms with E-state index in [1.807, 2.05) is 19.0 Å². The molecule has 1 unspecified atom stereocenters. The van der Waals surface area contributed by atoms with Crippen molar-refractivity contribution in [2.75, 3.05) is 25.5 Å². The van der Waals surface area contributed by atoms with Crippen molar-refractivity contribution in [1.82, 2.24) is 25.0 Å². The Morgan fingerprint density at radius 2 is 2.08 bits per heavy atom. The molecule has 0 radical (unpaired) electrons. The topological polar surface area (TPSA) is 88.3 Å². The lowest BCUT2D eigenvalue weighted by molar-refractivity contribution is -0.130. The molecule has 0 spiro atoms. The van der Waals surface area contributed by atoms with Crippen molar-refractivity contribution in [2.24, 2.45) is 0 Å². The van der Waals surface area contributed by atoms with Gasteiger partial charge in [0.05, 0.1) is 0 Å². The quantitative estimate of drug-likeness (QED) is 0.785. The van der Waals surface area contributed by atoms with Crippen LogP contribution in [0.2, 0.25) is 0 Å². The van der Waals surface area contributed by atoms with Gasteiger partial charge in [-0.3, -0.25) is 4.79 Å². The molecule has 132 valence electrons. The first-order chi connectivity index (χ1) is 12.0. The van der Waals surface area contributed by atoms with Gasteiger partial charge in [-0.2, -0.15) is 4.98 Å². The maximum absolute atomic E-state index is 12.6. The largest absolute Gasteiger partial charge is 0.347 e. The van der Waals surface area contributed by atoms with Crippen LogP contribution in [0.4, 0.5) is 5.95 Å². The van der Waals surface area contributed by atoms with Gasteiger partial charge in [0, 0.05) is 44.7 Å². The minimum absolute atomic E-state index is 0.0720. The first kappa shape index (κ1) is 17.1. The van der Waals surface area contributed by atoms with Gasteiger partial charge >= 0.3 is 0 Å². The third-order valence-corrected chi connectivity index (χ3v) is 4.09. The van der Waals surface area contributed by atoms with E-state index in [1.54, 1.807) is 36.4 Å². The van der Waals surface area contributed by atoms with Gasteiger partial charge in [-0.15, -0.1) is 0 Å². The van der Waals surface area contributed by atoms with E-state index >= 15 is 0 Å². The summed E-state index contributed by atoms with van der Waals surface area (Å²) >= 11 is 0. The molecule has 0 saturated carbocycles. The molecular weight excluding hydrogens is 320 g/mol. The minimum Gasteiger partial charge on any atom is -0.347 e. The SMILES string of the molecule is Cc1noc(C2CCCCN2C(=O)/C=C/c2cnc(N(C)C)nc2)n1. The van der Waals surface area contributed by atoms with Crippen molar-refractivity contribution >= 4 is 17.9 Å². The van der Waals surface area contributed by atoms with Crippen LogP contribution in [0.25, 0.3) is 6.08 Å². The van der Waals surface area contributed by atoms with Gasteiger partial charge in [0.2, 0.25) is 17.7 Å². The predicted octanol–water partition coefficient (Wildman–Crippen LogP) is 2.00. The molecule has 0 aliphatic carbocycles. The predicted molar refractivity (Wildman–Crippen MR) is 92.7 cm³/mol. The highest BCUT2D eigenvalue weighted by Gasteiger charge is 2.30. The van der Waals surface area contributed by atoms with E-state index in [1.165, 1.54) is 0 Å². The van der Waals surface area contributed by atoms with Gasteiger partial charge in [0.1, 0.15) is 6.04 Å². The molecule has 0 aromatic carbocycles. The second-order valence-corrected chi connectivity index (χ2v) is 6.27. The molecule has 1 aliphatic heterocycles. The Morgan fingerprint density at radius 1 is 1.32 bits per heavy atom. The highest BCUT2D eigenvalue weighted by Crippen LogP contribution is 2.30. The van der Waals surface area contributed by atoms with Crippen molar-refractivity contribution in [3.8, 4) is 0 Å². The summed E-state index contributed by atoms with van der Waals surface area (Å²) < 4.78 is 5.28. The lowest BCUT2D eigenvalue weighted by Gasteiger charge is -2.32. The molecule has 1 amide bonds. The molecule has 1 fully saturated rings.